The average molecular weight is 691 g/mol. The average Bonchev–Trinajstić information content (AvgIpc) is 3.82. The van der Waals surface area contributed by atoms with Gasteiger partial charge in [-0.1, -0.05) is 164 Å². The van der Waals surface area contributed by atoms with Crippen molar-refractivity contribution < 1.29 is 0 Å². The van der Waals surface area contributed by atoms with Crippen LogP contribution in [0.15, 0.2) is 182 Å². The summed E-state index contributed by atoms with van der Waals surface area (Å²) in [6.07, 6.45) is 0. The van der Waals surface area contributed by atoms with Gasteiger partial charge in [0.25, 0.3) is 0 Å². The molecule has 0 saturated heterocycles. The number of hydrogen-bond acceptors (Lipinski definition) is 4. The van der Waals surface area contributed by atoms with E-state index in [-0.39, 0.29) is 0 Å². The van der Waals surface area contributed by atoms with Crippen LogP contribution in [0.2, 0.25) is 0 Å². The Morgan fingerprint density at radius 1 is 0.333 bits per heavy atom. The van der Waals surface area contributed by atoms with Crippen molar-refractivity contribution in [3.8, 4) is 51.4 Å². The monoisotopic (exact) mass is 690 g/mol. The number of nitrogens with zero attached hydrogens (tertiary/aromatic N) is 6. The fourth-order valence-corrected chi connectivity index (χ4v) is 8.01. The molecule has 0 radical (unpaired) electrons. The Balaban J connectivity index is 1.30. The molecule has 7 aromatic carbocycles. The maximum atomic E-state index is 5.43. The lowest BCUT2D eigenvalue weighted by Crippen LogP contribution is -2.06. The van der Waals surface area contributed by atoms with Crippen LogP contribution in [0.5, 0.6) is 0 Å². The Morgan fingerprint density at radius 2 is 0.815 bits per heavy atom. The summed E-state index contributed by atoms with van der Waals surface area (Å²) in [6, 6.07) is 63.1. The zero-order valence-corrected chi connectivity index (χ0v) is 29.0. The summed E-state index contributed by atoms with van der Waals surface area (Å²) in [5, 5.41) is 5.71. The highest BCUT2D eigenvalue weighted by Gasteiger charge is 2.24. The van der Waals surface area contributed by atoms with E-state index in [9.17, 15) is 0 Å². The third-order valence-corrected chi connectivity index (χ3v) is 10.4. The molecule has 4 aromatic heterocycles. The van der Waals surface area contributed by atoms with Crippen LogP contribution in [0.1, 0.15) is 0 Å². The van der Waals surface area contributed by atoms with Gasteiger partial charge in [0.1, 0.15) is 5.82 Å². The van der Waals surface area contributed by atoms with E-state index in [1.165, 1.54) is 0 Å². The molecule has 0 aliphatic carbocycles. The topological polar surface area (TPSA) is 60.9 Å². The molecule has 0 unspecified atom stereocenters. The van der Waals surface area contributed by atoms with Crippen molar-refractivity contribution in [1.82, 2.24) is 28.9 Å². The number of benzene rings is 7. The minimum atomic E-state index is 0.567. The van der Waals surface area contributed by atoms with Gasteiger partial charge in [-0.25, -0.2) is 9.97 Å². The van der Waals surface area contributed by atoms with Crippen LogP contribution in [0.25, 0.3) is 100 Å². The third kappa shape index (κ3) is 4.60. The van der Waals surface area contributed by atoms with E-state index in [0.717, 1.165) is 82.8 Å². The van der Waals surface area contributed by atoms with E-state index in [0.29, 0.717) is 17.6 Å². The minimum Gasteiger partial charge on any atom is -0.291 e. The Bertz CT molecular complexity index is 3130. The van der Waals surface area contributed by atoms with E-state index >= 15 is 0 Å². The second kappa shape index (κ2) is 12.1. The Labute approximate surface area is 310 Å². The molecule has 11 rings (SSSR count). The Hall–Kier alpha value is -7.44. The molecule has 0 saturated carbocycles. The van der Waals surface area contributed by atoms with Crippen LogP contribution in [0, 0.1) is 0 Å². The number of fused-ring (bicyclic) bond motifs is 10. The zero-order chi connectivity index (χ0) is 35.6. The summed E-state index contributed by atoms with van der Waals surface area (Å²) >= 11 is 0. The second-order valence-corrected chi connectivity index (χ2v) is 13.5. The fourth-order valence-electron chi connectivity index (χ4n) is 8.01. The molecule has 0 aliphatic heterocycles. The first-order valence-corrected chi connectivity index (χ1v) is 18.1. The lowest BCUT2D eigenvalue weighted by Gasteiger charge is -2.14. The predicted octanol–water partition coefficient (Wildman–Crippen LogP) is 11.6. The Morgan fingerprint density at radius 3 is 1.44 bits per heavy atom. The SMILES string of the molecule is c1ccc(-c2nc(-c3ccccc3)nc(-n3c4ccccc4c4c5c6ccccc6c6c(-c7ccccc7)nc(-c7ccccc7)n6c5ccc43)n2)cc1. The number of rotatable bonds is 5. The fraction of sp³-hybridized carbons (Fsp3) is 0. The lowest BCUT2D eigenvalue weighted by atomic mass is 9.98. The molecule has 4 heterocycles. The number of imidazole rings is 1. The molecule has 6 nitrogen and oxygen atoms in total. The zero-order valence-electron chi connectivity index (χ0n) is 29.0. The summed E-state index contributed by atoms with van der Waals surface area (Å²) in [4.78, 5) is 20.8. The van der Waals surface area contributed by atoms with Gasteiger partial charge < -0.3 is 0 Å². The largest absolute Gasteiger partial charge is 0.291 e. The molecule has 11 aromatic rings. The van der Waals surface area contributed by atoms with Crippen molar-refractivity contribution in [2.24, 2.45) is 0 Å². The van der Waals surface area contributed by atoms with Crippen molar-refractivity contribution in [3.63, 3.8) is 0 Å². The second-order valence-electron chi connectivity index (χ2n) is 13.5. The number of aromatic nitrogens is 6. The Kier molecular flexibility index (Phi) is 6.75. The predicted molar refractivity (Wildman–Crippen MR) is 220 cm³/mol. The van der Waals surface area contributed by atoms with Crippen LogP contribution < -0.4 is 0 Å². The molecular weight excluding hydrogens is 661 g/mol. The van der Waals surface area contributed by atoms with E-state index < -0.39 is 0 Å². The van der Waals surface area contributed by atoms with E-state index in [1.807, 2.05) is 60.7 Å². The van der Waals surface area contributed by atoms with Crippen molar-refractivity contribution in [3.05, 3.63) is 182 Å². The molecule has 54 heavy (non-hydrogen) atoms. The first kappa shape index (κ1) is 30.2. The summed E-state index contributed by atoms with van der Waals surface area (Å²) in [5.41, 5.74) is 9.17. The minimum absolute atomic E-state index is 0.567. The van der Waals surface area contributed by atoms with Gasteiger partial charge in [0, 0.05) is 43.8 Å². The van der Waals surface area contributed by atoms with E-state index in [2.05, 4.69) is 130 Å². The van der Waals surface area contributed by atoms with E-state index in [4.69, 9.17) is 19.9 Å². The van der Waals surface area contributed by atoms with Gasteiger partial charge in [0.2, 0.25) is 5.95 Å². The van der Waals surface area contributed by atoms with Gasteiger partial charge in [-0.05, 0) is 23.6 Å². The number of hydrogen-bond donors (Lipinski definition) is 0. The van der Waals surface area contributed by atoms with Crippen molar-refractivity contribution in [1.29, 1.82) is 0 Å². The van der Waals surface area contributed by atoms with Crippen LogP contribution in [0.3, 0.4) is 0 Å². The maximum absolute atomic E-state index is 5.43. The molecule has 252 valence electrons. The summed E-state index contributed by atoms with van der Waals surface area (Å²) in [6.45, 7) is 0. The maximum Gasteiger partial charge on any atom is 0.238 e. The van der Waals surface area contributed by atoms with Crippen LogP contribution in [0.4, 0.5) is 0 Å². The van der Waals surface area contributed by atoms with E-state index in [1.54, 1.807) is 0 Å². The van der Waals surface area contributed by atoms with Crippen molar-refractivity contribution in [2.75, 3.05) is 0 Å². The quantitative estimate of drug-likeness (QED) is 0.169. The molecule has 0 amide bonds. The highest BCUT2D eigenvalue weighted by Crippen LogP contribution is 2.44. The standard InChI is InChI=1S/C48H30N6/c1-5-17-31(18-6-1)43-44-36-26-14-13-25-35(36)41-40(54(44)47(49-43)34-23-11-4-12-24-34)30-29-39-42(41)37-27-15-16-28-38(37)53(39)48-51-45(32-19-7-2-8-20-32)50-46(52-48)33-21-9-3-10-22-33/h1-30H. The van der Waals surface area contributed by atoms with Gasteiger partial charge in [0.05, 0.1) is 27.8 Å². The molecule has 6 heteroatoms. The molecular formula is C48H30N6. The number of para-hydroxylation sites is 1. The first-order valence-electron chi connectivity index (χ1n) is 18.1. The van der Waals surface area contributed by atoms with Crippen LogP contribution >= 0.6 is 0 Å². The number of pyridine rings is 1. The molecule has 0 aliphatic rings. The first-order chi connectivity index (χ1) is 26.8. The van der Waals surface area contributed by atoms with Crippen molar-refractivity contribution >= 4 is 49.0 Å². The smallest absolute Gasteiger partial charge is 0.238 e. The lowest BCUT2D eigenvalue weighted by molar-refractivity contribution is 0.953. The molecule has 0 N–H and O–H groups in total. The van der Waals surface area contributed by atoms with Crippen LogP contribution in [-0.4, -0.2) is 28.9 Å². The normalized spacial score (nSPS) is 11.7. The van der Waals surface area contributed by atoms with Gasteiger partial charge in [-0.2, -0.15) is 9.97 Å². The molecule has 0 fully saturated rings. The van der Waals surface area contributed by atoms with Gasteiger partial charge in [0.15, 0.2) is 11.6 Å². The molecule has 0 atom stereocenters. The summed E-state index contributed by atoms with van der Waals surface area (Å²) in [5.74, 6) is 2.72. The van der Waals surface area contributed by atoms with Gasteiger partial charge >= 0.3 is 0 Å². The highest BCUT2D eigenvalue weighted by atomic mass is 15.2. The van der Waals surface area contributed by atoms with Crippen LogP contribution in [-0.2, 0) is 0 Å². The molecule has 0 spiro atoms. The summed E-state index contributed by atoms with van der Waals surface area (Å²) in [7, 11) is 0. The highest BCUT2D eigenvalue weighted by molar-refractivity contribution is 6.30. The van der Waals surface area contributed by atoms with Crippen molar-refractivity contribution in [2.45, 2.75) is 0 Å². The van der Waals surface area contributed by atoms with Gasteiger partial charge in [-0.15, -0.1) is 0 Å². The third-order valence-electron chi connectivity index (χ3n) is 10.4. The van der Waals surface area contributed by atoms with Gasteiger partial charge in [-0.3, -0.25) is 8.97 Å². The summed E-state index contributed by atoms with van der Waals surface area (Å²) < 4.78 is 4.57. The molecule has 0 bridgehead atoms.